The van der Waals surface area contributed by atoms with Gasteiger partial charge in [0.2, 0.25) is 5.91 Å². The number of imidazole rings is 1. The zero-order chi connectivity index (χ0) is 15.8. The van der Waals surface area contributed by atoms with Gasteiger partial charge in [-0.2, -0.15) is 0 Å². The van der Waals surface area contributed by atoms with E-state index >= 15 is 0 Å². The van der Waals surface area contributed by atoms with Crippen molar-refractivity contribution in [3.63, 3.8) is 0 Å². The molecule has 22 heavy (non-hydrogen) atoms. The van der Waals surface area contributed by atoms with Gasteiger partial charge in [-0.1, -0.05) is 50.1 Å². The lowest BCUT2D eigenvalue weighted by Crippen LogP contribution is -2.26. The third kappa shape index (κ3) is 4.50. The number of para-hydroxylation sites is 2. The minimum Gasteiger partial charge on any atom is -0.355 e. The second-order valence-corrected chi connectivity index (χ2v) is 6.27. The average Bonchev–Trinajstić information content (AvgIpc) is 2.90. The third-order valence-corrected chi connectivity index (χ3v) is 4.60. The summed E-state index contributed by atoms with van der Waals surface area (Å²) in [5.74, 6) is 0.521. The Labute approximate surface area is 136 Å². The average molecular weight is 319 g/mol. The van der Waals surface area contributed by atoms with E-state index in [0.717, 1.165) is 35.7 Å². The summed E-state index contributed by atoms with van der Waals surface area (Å²) in [6, 6.07) is 8.10. The van der Waals surface area contributed by atoms with E-state index in [1.807, 2.05) is 18.2 Å². The Morgan fingerprint density at radius 1 is 1.23 bits per heavy atom. The molecule has 5 heteroatoms. The number of aromatic nitrogens is 2. The van der Waals surface area contributed by atoms with Gasteiger partial charge in [0.1, 0.15) is 0 Å². The van der Waals surface area contributed by atoms with Gasteiger partial charge in [0.15, 0.2) is 5.16 Å². The summed E-state index contributed by atoms with van der Waals surface area (Å²) >= 11 is 1.51. The van der Waals surface area contributed by atoms with Crippen molar-refractivity contribution in [3.05, 3.63) is 24.3 Å². The number of nitrogens with one attached hydrogen (secondary N) is 1. The molecule has 0 spiro atoms. The maximum absolute atomic E-state index is 11.9. The van der Waals surface area contributed by atoms with Crippen LogP contribution >= 0.6 is 11.8 Å². The predicted molar refractivity (Wildman–Crippen MR) is 93.3 cm³/mol. The van der Waals surface area contributed by atoms with Crippen molar-refractivity contribution in [2.24, 2.45) is 0 Å². The van der Waals surface area contributed by atoms with E-state index in [9.17, 15) is 4.79 Å². The maximum atomic E-state index is 11.9. The van der Waals surface area contributed by atoms with Crippen molar-refractivity contribution < 1.29 is 4.79 Å². The molecular formula is C17H25N3OS. The number of amides is 1. The van der Waals surface area contributed by atoms with E-state index in [1.165, 1.54) is 31.0 Å². The minimum absolute atomic E-state index is 0.0937. The number of carbonyl (C=O) groups is 1. The van der Waals surface area contributed by atoms with E-state index in [2.05, 4.69) is 34.8 Å². The number of aryl methyl sites for hydroxylation is 1. The normalized spacial score (nSPS) is 11.0. The molecule has 0 atom stereocenters. The van der Waals surface area contributed by atoms with Crippen LogP contribution in [-0.4, -0.2) is 27.8 Å². The molecule has 0 fully saturated rings. The molecule has 1 N–H and O–H groups in total. The van der Waals surface area contributed by atoms with Gasteiger partial charge in [-0.05, 0) is 25.5 Å². The SMILES string of the molecule is CCCCCCNC(=O)CSc1nc2ccccc2n1CC. The second-order valence-electron chi connectivity index (χ2n) is 5.33. The molecule has 1 heterocycles. The lowest BCUT2D eigenvalue weighted by molar-refractivity contribution is -0.118. The Balaban J connectivity index is 1.85. The van der Waals surface area contributed by atoms with Gasteiger partial charge in [0, 0.05) is 13.1 Å². The van der Waals surface area contributed by atoms with E-state index in [4.69, 9.17) is 0 Å². The van der Waals surface area contributed by atoms with Crippen molar-refractivity contribution >= 4 is 28.7 Å². The van der Waals surface area contributed by atoms with Crippen molar-refractivity contribution in [2.45, 2.75) is 51.2 Å². The van der Waals surface area contributed by atoms with Crippen molar-refractivity contribution in [1.82, 2.24) is 14.9 Å². The van der Waals surface area contributed by atoms with Crippen LogP contribution in [0.2, 0.25) is 0 Å². The predicted octanol–water partition coefficient (Wildman–Crippen LogP) is 3.84. The highest BCUT2D eigenvalue weighted by Crippen LogP contribution is 2.23. The fraction of sp³-hybridized carbons (Fsp3) is 0.529. The highest BCUT2D eigenvalue weighted by atomic mass is 32.2. The Bertz CT molecular complexity index is 609. The van der Waals surface area contributed by atoms with Gasteiger partial charge in [-0.15, -0.1) is 0 Å². The van der Waals surface area contributed by atoms with Crippen LogP contribution in [0.5, 0.6) is 0 Å². The number of hydrogen-bond acceptors (Lipinski definition) is 3. The summed E-state index contributed by atoms with van der Waals surface area (Å²) in [5, 5.41) is 3.91. The molecule has 0 radical (unpaired) electrons. The van der Waals surface area contributed by atoms with Gasteiger partial charge < -0.3 is 9.88 Å². The molecule has 0 aliphatic carbocycles. The van der Waals surface area contributed by atoms with Gasteiger partial charge in [-0.25, -0.2) is 4.98 Å². The number of fused-ring (bicyclic) bond motifs is 1. The molecule has 0 unspecified atom stereocenters. The number of benzene rings is 1. The molecule has 2 rings (SSSR count). The smallest absolute Gasteiger partial charge is 0.230 e. The summed E-state index contributed by atoms with van der Waals surface area (Å²) < 4.78 is 2.16. The van der Waals surface area contributed by atoms with Crippen LogP contribution in [0.3, 0.4) is 0 Å². The number of carbonyl (C=O) groups excluding carboxylic acids is 1. The van der Waals surface area contributed by atoms with E-state index < -0.39 is 0 Å². The molecular weight excluding hydrogens is 294 g/mol. The summed E-state index contributed by atoms with van der Waals surface area (Å²) in [6.45, 7) is 5.94. The van der Waals surface area contributed by atoms with Crippen LogP contribution in [0.25, 0.3) is 11.0 Å². The second kappa shape index (κ2) is 8.83. The highest BCUT2D eigenvalue weighted by Gasteiger charge is 2.11. The van der Waals surface area contributed by atoms with Gasteiger partial charge >= 0.3 is 0 Å². The lowest BCUT2D eigenvalue weighted by Gasteiger charge is -2.06. The number of unbranched alkanes of at least 4 members (excludes halogenated alkanes) is 3. The van der Waals surface area contributed by atoms with Gasteiger partial charge in [-0.3, -0.25) is 4.79 Å². The topological polar surface area (TPSA) is 46.9 Å². The van der Waals surface area contributed by atoms with Crippen molar-refractivity contribution in [2.75, 3.05) is 12.3 Å². The summed E-state index contributed by atoms with van der Waals surface area (Å²) in [6.07, 6.45) is 4.72. The largest absolute Gasteiger partial charge is 0.355 e. The number of nitrogens with zero attached hydrogens (tertiary/aromatic N) is 2. The lowest BCUT2D eigenvalue weighted by atomic mass is 10.2. The fourth-order valence-electron chi connectivity index (χ4n) is 2.43. The Morgan fingerprint density at radius 2 is 2.05 bits per heavy atom. The monoisotopic (exact) mass is 319 g/mol. The fourth-order valence-corrected chi connectivity index (χ4v) is 3.34. The van der Waals surface area contributed by atoms with Gasteiger partial charge in [0.25, 0.3) is 0 Å². The number of thioether (sulfide) groups is 1. The van der Waals surface area contributed by atoms with Crippen molar-refractivity contribution in [1.29, 1.82) is 0 Å². The Hall–Kier alpha value is -1.49. The molecule has 0 bridgehead atoms. The van der Waals surface area contributed by atoms with Gasteiger partial charge in [0.05, 0.1) is 16.8 Å². The quantitative estimate of drug-likeness (QED) is 0.564. The van der Waals surface area contributed by atoms with E-state index in [-0.39, 0.29) is 5.91 Å². The van der Waals surface area contributed by atoms with Crippen LogP contribution < -0.4 is 5.32 Å². The van der Waals surface area contributed by atoms with Crippen LogP contribution in [0.1, 0.15) is 39.5 Å². The van der Waals surface area contributed by atoms with Crippen LogP contribution in [0, 0.1) is 0 Å². The Morgan fingerprint density at radius 3 is 2.82 bits per heavy atom. The van der Waals surface area contributed by atoms with Crippen molar-refractivity contribution in [3.8, 4) is 0 Å². The van der Waals surface area contributed by atoms with Crippen LogP contribution in [0.15, 0.2) is 29.4 Å². The minimum atomic E-state index is 0.0937. The summed E-state index contributed by atoms with van der Waals surface area (Å²) in [7, 11) is 0. The zero-order valence-corrected chi connectivity index (χ0v) is 14.3. The summed E-state index contributed by atoms with van der Waals surface area (Å²) in [4.78, 5) is 16.5. The highest BCUT2D eigenvalue weighted by molar-refractivity contribution is 7.99. The van der Waals surface area contributed by atoms with Crippen LogP contribution in [0.4, 0.5) is 0 Å². The molecule has 4 nitrogen and oxygen atoms in total. The zero-order valence-electron chi connectivity index (χ0n) is 13.5. The molecule has 120 valence electrons. The van der Waals surface area contributed by atoms with Crippen LogP contribution in [-0.2, 0) is 11.3 Å². The number of hydrogen-bond donors (Lipinski definition) is 1. The Kier molecular flexibility index (Phi) is 6.77. The summed E-state index contributed by atoms with van der Waals surface area (Å²) in [5.41, 5.74) is 2.12. The molecule has 0 saturated carbocycles. The molecule has 0 aliphatic heterocycles. The maximum Gasteiger partial charge on any atom is 0.230 e. The molecule has 1 aromatic heterocycles. The first kappa shape index (κ1) is 16.9. The first-order chi connectivity index (χ1) is 10.8. The molecule has 0 saturated heterocycles. The number of rotatable bonds is 9. The molecule has 1 aromatic carbocycles. The third-order valence-electron chi connectivity index (χ3n) is 3.62. The molecule has 2 aromatic rings. The van der Waals surface area contributed by atoms with E-state index in [0.29, 0.717) is 5.75 Å². The van der Waals surface area contributed by atoms with E-state index in [1.54, 1.807) is 0 Å². The molecule has 0 aliphatic rings. The first-order valence-electron chi connectivity index (χ1n) is 8.11. The molecule has 1 amide bonds. The first-order valence-corrected chi connectivity index (χ1v) is 9.09. The standard InChI is InChI=1S/C17H25N3OS/c1-3-5-6-9-12-18-16(21)13-22-17-19-14-10-7-8-11-15(14)20(17)4-2/h7-8,10-11H,3-6,9,12-13H2,1-2H3,(H,18,21).